The summed E-state index contributed by atoms with van der Waals surface area (Å²) in [7, 11) is 0. The molecule has 1 heterocycles. The van der Waals surface area contributed by atoms with Crippen molar-refractivity contribution in [2.75, 3.05) is 0 Å². The highest BCUT2D eigenvalue weighted by Gasteiger charge is 2.19. The van der Waals surface area contributed by atoms with Crippen LogP contribution < -0.4 is 0 Å². The van der Waals surface area contributed by atoms with Gasteiger partial charge in [0.05, 0.1) is 17.1 Å². The van der Waals surface area contributed by atoms with E-state index in [0.29, 0.717) is 10.0 Å². The van der Waals surface area contributed by atoms with Crippen molar-refractivity contribution in [1.29, 1.82) is 0 Å². The molecule has 0 saturated carbocycles. The maximum atomic E-state index is 11.3. The molecule has 0 radical (unpaired) electrons. The van der Waals surface area contributed by atoms with Crippen molar-refractivity contribution >= 4 is 40.1 Å². The summed E-state index contributed by atoms with van der Waals surface area (Å²) >= 11 is 12.3. The normalized spacial score (nSPS) is 11.1. The summed E-state index contributed by atoms with van der Waals surface area (Å²) < 4.78 is 0. The van der Waals surface area contributed by atoms with Crippen molar-refractivity contribution in [3.63, 3.8) is 0 Å². The maximum Gasteiger partial charge on any atom is 0.307 e. The lowest BCUT2D eigenvalue weighted by Gasteiger charge is -2.06. The van der Waals surface area contributed by atoms with Crippen LogP contribution in [0, 0.1) is 13.8 Å². The van der Waals surface area contributed by atoms with Gasteiger partial charge < -0.3 is 10.1 Å². The number of halogens is 2. The van der Waals surface area contributed by atoms with Gasteiger partial charge in [-0.05, 0) is 48.7 Å². The number of fused-ring (bicyclic) bond motifs is 1. The van der Waals surface area contributed by atoms with Crippen LogP contribution in [0.2, 0.25) is 10.0 Å². The molecule has 3 rings (SSSR count). The highest BCUT2D eigenvalue weighted by atomic mass is 35.5. The fourth-order valence-corrected chi connectivity index (χ4v) is 3.32. The summed E-state index contributed by atoms with van der Waals surface area (Å²) in [4.78, 5) is 14.7. The number of aliphatic carboxylic acids is 1. The van der Waals surface area contributed by atoms with Crippen molar-refractivity contribution in [1.82, 2.24) is 4.98 Å². The molecule has 0 spiro atoms. The maximum absolute atomic E-state index is 11.3. The van der Waals surface area contributed by atoms with E-state index < -0.39 is 5.97 Å². The monoisotopic (exact) mass is 347 g/mol. The first-order valence-electron chi connectivity index (χ1n) is 7.16. The van der Waals surface area contributed by atoms with Gasteiger partial charge in [-0.25, -0.2) is 0 Å². The second-order valence-corrected chi connectivity index (χ2v) is 6.45. The molecule has 0 fully saturated rings. The first-order chi connectivity index (χ1) is 10.9. The molecule has 2 N–H and O–H groups in total. The zero-order valence-corrected chi connectivity index (χ0v) is 14.2. The van der Waals surface area contributed by atoms with Crippen LogP contribution in [0.3, 0.4) is 0 Å². The molecule has 5 heteroatoms. The van der Waals surface area contributed by atoms with Crippen molar-refractivity contribution < 1.29 is 9.90 Å². The molecule has 0 aliphatic carbocycles. The molecule has 0 aliphatic rings. The molecular weight excluding hydrogens is 333 g/mol. The van der Waals surface area contributed by atoms with E-state index in [9.17, 15) is 9.90 Å². The number of carboxylic acids is 1. The van der Waals surface area contributed by atoms with Crippen LogP contribution in [0.1, 0.15) is 16.7 Å². The number of aryl methyl sites for hydroxylation is 2. The third-order valence-corrected chi connectivity index (χ3v) is 4.69. The molecule has 2 aromatic carbocycles. The Morgan fingerprint density at radius 1 is 1.17 bits per heavy atom. The van der Waals surface area contributed by atoms with E-state index in [0.717, 1.165) is 38.9 Å². The molecule has 1 aromatic heterocycles. The zero-order chi connectivity index (χ0) is 16.7. The lowest BCUT2D eigenvalue weighted by molar-refractivity contribution is -0.136. The van der Waals surface area contributed by atoms with Gasteiger partial charge in [-0.2, -0.15) is 0 Å². The smallest absolute Gasteiger partial charge is 0.307 e. The van der Waals surface area contributed by atoms with Crippen LogP contribution in [0.5, 0.6) is 0 Å². The van der Waals surface area contributed by atoms with Gasteiger partial charge in [-0.3, -0.25) is 4.79 Å². The van der Waals surface area contributed by atoms with Crippen LogP contribution in [0.4, 0.5) is 0 Å². The highest BCUT2D eigenvalue weighted by Crippen LogP contribution is 2.37. The quantitative estimate of drug-likeness (QED) is 0.667. The number of carbonyl (C=O) groups is 1. The summed E-state index contributed by atoms with van der Waals surface area (Å²) in [5.41, 5.74) is 5.42. The van der Waals surface area contributed by atoms with Crippen molar-refractivity contribution in [2.45, 2.75) is 20.3 Å². The Bertz CT molecular complexity index is 928. The Labute approximate surface area is 143 Å². The first-order valence-corrected chi connectivity index (χ1v) is 7.92. The second kappa shape index (κ2) is 5.91. The standard InChI is InChI=1S/C18H15Cl2NO2/c1-9-3-5-12-14(8-16(22)23)18(21-17(12)10(9)2)13-6-4-11(19)7-15(13)20/h3-7,21H,8H2,1-2H3,(H,22,23). The van der Waals surface area contributed by atoms with Crippen LogP contribution >= 0.6 is 23.2 Å². The minimum atomic E-state index is -0.879. The van der Waals surface area contributed by atoms with Gasteiger partial charge in [0.15, 0.2) is 0 Å². The van der Waals surface area contributed by atoms with Crippen molar-refractivity contribution in [3.8, 4) is 11.3 Å². The molecule has 0 unspecified atom stereocenters. The molecule has 0 aliphatic heterocycles. The molecule has 0 bridgehead atoms. The van der Waals surface area contributed by atoms with E-state index in [-0.39, 0.29) is 6.42 Å². The Kier molecular flexibility index (Phi) is 4.09. The zero-order valence-electron chi connectivity index (χ0n) is 12.7. The predicted molar refractivity (Wildman–Crippen MR) is 94.6 cm³/mol. The summed E-state index contributed by atoms with van der Waals surface area (Å²) in [6.07, 6.45) is -0.0726. The molecule has 0 atom stereocenters. The lowest BCUT2D eigenvalue weighted by atomic mass is 10.00. The van der Waals surface area contributed by atoms with E-state index in [2.05, 4.69) is 4.98 Å². The molecule has 0 amide bonds. The minimum absolute atomic E-state index is 0.0726. The summed E-state index contributed by atoms with van der Waals surface area (Å²) in [6.45, 7) is 4.05. The molecule has 3 nitrogen and oxygen atoms in total. The molecule has 3 aromatic rings. The molecule has 23 heavy (non-hydrogen) atoms. The number of rotatable bonds is 3. The third-order valence-electron chi connectivity index (χ3n) is 4.14. The van der Waals surface area contributed by atoms with Gasteiger partial charge in [0.1, 0.15) is 0 Å². The second-order valence-electron chi connectivity index (χ2n) is 5.60. The van der Waals surface area contributed by atoms with Gasteiger partial charge in [0.2, 0.25) is 0 Å². The number of nitrogens with one attached hydrogen (secondary N) is 1. The average molecular weight is 348 g/mol. The lowest BCUT2D eigenvalue weighted by Crippen LogP contribution is -2.01. The van der Waals surface area contributed by atoms with E-state index in [1.165, 1.54) is 0 Å². The fraction of sp³-hybridized carbons (Fsp3) is 0.167. The van der Waals surface area contributed by atoms with Crippen LogP contribution in [-0.2, 0) is 11.2 Å². The van der Waals surface area contributed by atoms with Crippen LogP contribution in [0.25, 0.3) is 22.2 Å². The van der Waals surface area contributed by atoms with Crippen LogP contribution in [-0.4, -0.2) is 16.1 Å². The topological polar surface area (TPSA) is 53.1 Å². The minimum Gasteiger partial charge on any atom is -0.481 e. The number of hydrogen-bond acceptors (Lipinski definition) is 1. The van der Waals surface area contributed by atoms with E-state index in [1.807, 2.05) is 32.0 Å². The number of carboxylic acid groups (broad SMARTS) is 1. The van der Waals surface area contributed by atoms with Crippen molar-refractivity contribution in [3.05, 3.63) is 57.1 Å². The Hall–Kier alpha value is -1.97. The number of aromatic nitrogens is 1. The van der Waals surface area contributed by atoms with Gasteiger partial charge in [-0.1, -0.05) is 35.3 Å². The van der Waals surface area contributed by atoms with Gasteiger partial charge >= 0.3 is 5.97 Å². The first kappa shape index (κ1) is 15.9. The highest BCUT2D eigenvalue weighted by molar-refractivity contribution is 6.36. The SMILES string of the molecule is Cc1ccc2c(CC(=O)O)c(-c3ccc(Cl)cc3Cl)[nH]c2c1C. The van der Waals surface area contributed by atoms with E-state index in [1.54, 1.807) is 12.1 Å². The van der Waals surface area contributed by atoms with E-state index in [4.69, 9.17) is 23.2 Å². The predicted octanol–water partition coefficient (Wildman–Crippen LogP) is 5.39. The largest absolute Gasteiger partial charge is 0.481 e. The van der Waals surface area contributed by atoms with Crippen LogP contribution in [0.15, 0.2) is 30.3 Å². The van der Waals surface area contributed by atoms with Gasteiger partial charge in [0, 0.05) is 21.5 Å². The number of benzene rings is 2. The Morgan fingerprint density at radius 3 is 2.57 bits per heavy atom. The molecule has 118 valence electrons. The molecular formula is C18H15Cl2NO2. The van der Waals surface area contributed by atoms with Gasteiger partial charge in [0.25, 0.3) is 0 Å². The fourth-order valence-electron chi connectivity index (χ4n) is 2.82. The Morgan fingerprint density at radius 2 is 1.91 bits per heavy atom. The number of aromatic amines is 1. The summed E-state index contributed by atoms with van der Waals surface area (Å²) in [5, 5.41) is 11.2. The number of hydrogen-bond donors (Lipinski definition) is 2. The van der Waals surface area contributed by atoms with Crippen molar-refractivity contribution in [2.24, 2.45) is 0 Å². The Balaban J connectivity index is 2.34. The molecule has 0 saturated heterocycles. The van der Waals surface area contributed by atoms with Gasteiger partial charge in [-0.15, -0.1) is 0 Å². The summed E-state index contributed by atoms with van der Waals surface area (Å²) in [5.74, 6) is -0.879. The summed E-state index contributed by atoms with van der Waals surface area (Å²) in [6, 6.07) is 9.18. The third kappa shape index (κ3) is 2.82. The van der Waals surface area contributed by atoms with E-state index >= 15 is 0 Å². The average Bonchev–Trinajstić information content (AvgIpc) is 2.82. The number of H-pyrrole nitrogens is 1.